The first-order valence-corrected chi connectivity index (χ1v) is 5.13. The Hall–Kier alpha value is -1.77. The second-order valence-electron chi connectivity index (χ2n) is 3.47. The fourth-order valence-corrected chi connectivity index (χ4v) is 1.30. The number of carbonyl (C=O) groups is 1. The number of carbonyl (C=O) groups excluding carboxylic acids is 1. The Morgan fingerprint density at radius 2 is 2.06 bits per heavy atom. The molecule has 3 heteroatoms. The summed E-state index contributed by atoms with van der Waals surface area (Å²) in [5, 5.41) is 0. The molecule has 0 fully saturated rings. The SMILES string of the molecule is C=CC[C@H](C)Oc1ccc(C(=O)OC)cc1. The lowest BCUT2D eigenvalue weighted by atomic mass is 10.2. The van der Waals surface area contributed by atoms with Crippen molar-refractivity contribution in [3.63, 3.8) is 0 Å². The third-order valence-corrected chi connectivity index (χ3v) is 2.11. The van der Waals surface area contributed by atoms with E-state index in [-0.39, 0.29) is 12.1 Å². The number of ether oxygens (including phenoxy) is 2. The monoisotopic (exact) mass is 220 g/mol. The zero-order valence-corrected chi connectivity index (χ0v) is 9.60. The topological polar surface area (TPSA) is 35.5 Å². The van der Waals surface area contributed by atoms with Crippen molar-refractivity contribution in [2.75, 3.05) is 7.11 Å². The van der Waals surface area contributed by atoms with Crippen LogP contribution in [0.2, 0.25) is 0 Å². The quantitative estimate of drug-likeness (QED) is 0.565. The van der Waals surface area contributed by atoms with Crippen LogP contribution >= 0.6 is 0 Å². The van der Waals surface area contributed by atoms with Crippen molar-refractivity contribution in [3.05, 3.63) is 42.5 Å². The molecular weight excluding hydrogens is 204 g/mol. The molecule has 86 valence electrons. The Labute approximate surface area is 95.7 Å². The summed E-state index contributed by atoms with van der Waals surface area (Å²) in [6, 6.07) is 6.88. The number of hydrogen-bond acceptors (Lipinski definition) is 3. The molecule has 0 spiro atoms. The van der Waals surface area contributed by atoms with E-state index in [1.807, 2.05) is 13.0 Å². The maximum absolute atomic E-state index is 11.2. The average Bonchev–Trinajstić information content (AvgIpc) is 2.29. The lowest BCUT2D eigenvalue weighted by Gasteiger charge is -2.12. The molecule has 0 radical (unpaired) electrons. The first-order valence-electron chi connectivity index (χ1n) is 5.13. The predicted octanol–water partition coefficient (Wildman–Crippen LogP) is 2.82. The van der Waals surface area contributed by atoms with E-state index in [0.717, 1.165) is 12.2 Å². The second-order valence-corrected chi connectivity index (χ2v) is 3.47. The highest BCUT2D eigenvalue weighted by Crippen LogP contribution is 2.15. The summed E-state index contributed by atoms with van der Waals surface area (Å²) in [6.07, 6.45) is 2.69. The Bertz CT molecular complexity index is 354. The number of hydrogen-bond donors (Lipinski definition) is 0. The largest absolute Gasteiger partial charge is 0.490 e. The van der Waals surface area contributed by atoms with Crippen LogP contribution in [0.3, 0.4) is 0 Å². The second kappa shape index (κ2) is 5.95. The fraction of sp³-hybridized carbons (Fsp3) is 0.308. The van der Waals surface area contributed by atoms with Gasteiger partial charge in [0.05, 0.1) is 18.8 Å². The first-order chi connectivity index (χ1) is 7.67. The number of rotatable bonds is 5. The maximum Gasteiger partial charge on any atom is 0.337 e. The number of esters is 1. The van der Waals surface area contributed by atoms with E-state index >= 15 is 0 Å². The maximum atomic E-state index is 11.2. The first kappa shape index (κ1) is 12.3. The van der Waals surface area contributed by atoms with Gasteiger partial charge in [-0.15, -0.1) is 6.58 Å². The molecule has 1 aromatic carbocycles. The number of benzene rings is 1. The van der Waals surface area contributed by atoms with Crippen LogP contribution < -0.4 is 4.74 Å². The minimum atomic E-state index is -0.342. The van der Waals surface area contributed by atoms with Gasteiger partial charge in [-0.25, -0.2) is 4.79 Å². The van der Waals surface area contributed by atoms with Crippen molar-refractivity contribution in [1.82, 2.24) is 0 Å². The van der Waals surface area contributed by atoms with Gasteiger partial charge in [0.25, 0.3) is 0 Å². The van der Waals surface area contributed by atoms with E-state index in [4.69, 9.17) is 4.74 Å². The highest BCUT2D eigenvalue weighted by Gasteiger charge is 2.06. The molecule has 1 rings (SSSR count). The van der Waals surface area contributed by atoms with E-state index < -0.39 is 0 Å². The molecule has 16 heavy (non-hydrogen) atoms. The molecular formula is C13H16O3. The van der Waals surface area contributed by atoms with Gasteiger partial charge < -0.3 is 9.47 Å². The highest BCUT2D eigenvalue weighted by atomic mass is 16.5. The van der Waals surface area contributed by atoms with Gasteiger partial charge >= 0.3 is 5.97 Å². The average molecular weight is 220 g/mol. The minimum absolute atomic E-state index is 0.0847. The van der Waals surface area contributed by atoms with Crippen LogP contribution in [0, 0.1) is 0 Å². The Morgan fingerprint density at radius 1 is 1.44 bits per heavy atom. The molecule has 0 saturated heterocycles. The lowest BCUT2D eigenvalue weighted by Crippen LogP contribution is -2.10. The molecule has 1 atom stereocenters. The van der Waals surface area contributed by atoms with Crippen LogP contribution in [0.25, 0.3) is 0 Å². The summed E-state index contributed by atoms with van der Waals surface area (Å²) < 4.78 is 10.2. The molecule has 0 bridgehead atoms. The summed E-state index contributed by atoms with van der Waals surface area (Å²) in [7, 11) is 1.36. The molecule has 0 aliphatic heterocycles. The molecule has 0 N–H and O–H groups in total. The fourth-order valence-electron chi connectivity index (χ4n) is 1.30. The zero-order chi connectivity index (χ0) is 12.0. The van der Waals surface area contributed by atoms with Crippen LogP contribution in [0.1, 0.15) is 23.7 Å². The van der Waals surface area contributed by atoms with Gasteiger partial charge in [-0.1, -0.05) is 6.08 Å². The van der Waals surface area contributed by atoms with Gasteiger partial charge in [0.1, 0.15) is 5.75 Å². The summed E-state index contributed by atoms with van der Waals surface area (Å²) in [4.78, 5) is 11.2. The van der Waals surface area contributed by atoms with Crippen LogP contribution in [0.15, 0.2) is 36.9 Å². The lowest BCUT2D eigenvalue weighted by molar-refractivity contribution is 0.0600. The Balaban J connectivity index is 2.64. The summed E-state index contributed by atoms with van der Waals surface area (Å²) in [6.45, 7) is 5.62. The van der Waals surface area contributed by atoms with Crippen LogP contribution in [-0.4, -0.2) is 19.2 Å². The van der Waals surface area contributed by atoms with Gasteiger partial charge in [0, 0.05) is 6.42 Å². The normalized spacial score (nSPS) is 11.6. The van der Waals surface area contributed by atoms with Crippen molar-refractivity contribution in [2.45, 2.75) is 19.4 Å². The molecule has 0 saturated carbocycles. The summed E-state index contributed by atoms with van der Waals surface area (Å²) >= 11 is 0. The van der Waals surface area contributed by atoms with Gasteiger partial charge in [0.2, 0.25) is 0 Å². The van der Waals surface area contributed by atoms with Crippen molar-refractivity contribution >= 4 is 5.97 Å². The van der Waals surface area contributed by atoms with E-state index in [9.17, 15) is 4.79 Å². The van der Waals surface area contributed by atoms with Crippen molar-refractivity contribution in [2.24, 2.45) is 0 Å². The molecule has 0 aliphatic carbocycles. The molecule has 3 nitrogen and oxygen atoms in total. The Kier molecular flexibility index (Phi) is 4.58. The van der Waals surface area contributed by atoms with Crippen LogP contribution in [-0.2, 0) is 4.74 Å². The third-order valence-electron chi connectivity index (χ3n) is 2.11. The predicted molar refractivity (Wildman–Crippen MR) is 62.7 cm³/mol. The van der Waals surface area contributed by atoms with Gasteiger partial charge in [-0.05, 0) is 31.2 Å². The highest BCUT2D eigenvalue weighted by molar-refractivity contribution is 5.89. The van der Waals surface area contributed by atoms with Crippen molar-refractivity contribution in [1.29, 1.82) is 0 Å². The number of methoxy groups -OCH3 is 1. The van der Waals surface area contributed by atoms with Crippen LogP contribution in [0.4, 0.5) is 0 Å². The third kappa shape index (κ3) is 3.42. The summed E-state index contributed by atoms with van der Waals surface area (Å²) in [5.41, 5.74) is 0.520. The Morgan fingerprint density at radius 3 is 2.56 bits per heavy atom. The molecule has 0 aromatic heterocycles. The van der Waals surface area contributed by atoms with E-state index in [0.29, 0.717) is 5.56 Å². The minimum Gasteiger partial charge on any atom is -0.490 e. The molecule has 0 unspecified atom stereocenters. The molecule has 0 amide bonds. The van der Waals surface area contributed by atoms with E-state index in [1.54, 1.807) is 24.3 Å². The smallest absolute Gasteiger partial charge is 0.337 e. The van der Waals surface area contributed by atoms with Gasteiger partial charge in [-0.2, -0.15) is 0 Å². The standard InChI is InChI=1S/C13H16O3/c1-4-5-10(2)16-12-8-6-11(7-9-12)13(14)15-3/h4,6-10H,1,5H2,2-3H3/t10-/m0/s1. The molecule has 0 heterocycles. The van der Waals surface area contributed by atoms with E-state index in [1.165, 1.54) is 7.11 Å². The van der Waals surface area contributed by atoms with Crippen molar-refractivity contribution in [3.8, 4) is 5.75 Å². The van der Waals surface area contributed by atoms with Crippen molar-refractivity contribution < 1.29 is 14.3 Å². The molecule has 0 aliphatic rings. The zero-order valence-electron chi connectivity index (χ0n) is 9.60. The van der Waals surface area contributed by atoms with Crippen LogP contribution in [0.5, 0.6) is 5.75 Å². The van der Waals surface area contributed by atoms with Gasteiger partial charge in [-0.3, -0.25) is 0 Å². The summed E-state index contributed by atoms with van der Waals surface area (Å²) in [5.74, 6) is 0.396. The van der Waals surface area contributed by atoms with E-state index in [2.05, 4.69) is 11.3 Å². The van der Waals surface area contributed by atoms with Gasteiger partial charge in [0.15, 0.2) is 0 Å². The molecule has 1 aromatic rings.